The van der Waals surface area contributed by atoms with Crippen molar-refractivity contribution in [1.82, 2.24) is 5.32 Å². The summed E-state index contributed by atoms with van der Waals surface area (Å²) in [6, 6.07) is 9.73. The van der Waals surface area contributed by atoms with Gasteiger partial charge in [0.1, 0.15) is 6.04 Å². The predicted molar refractivity (Wildman–Crippen MR) is 83.8 cm³/mol. The van der Waals surface area contributed by atoms with Crippen molar-refractivity contribution in [3.63, 3.8) is 0 Å². The van der Waals surface area contributed by atoms with Crippen molar-refractivity contribution in [2.24, 2.45) is 5.41 Å². The van der Waals surface area contributed by atoms with Gasteiger partial charge in [-0.25, -0.2) is 4.79 Å². The van der Waals surface area contributed by atoms with E-state index in [1.165, 1.54) is 12.9 Å². The molecule has 2 unspecified atom stereocenters. The molecule has 0 bridgehead atoms. The second-order valence-electron chi connectivity index (χ2n) is 5.90. The van der Waals surface area contributed by atoms with Crippen LogP contribution < -0.4 is 5.32 Å². The molecule has 0 aromatic heterocycles. The van der Waals surface area contributed by atoms with Crippen LogP contribution in [0, 0.1) is 5.41 Å². The molecule has 1 heterocycles. The third-order valence-corrected chi connectivity index (χ3v) is 5.12. The van der Waals surface area contributed by atoms with Crippen LogP contribution in [0.5, 0.6) is 0 Å². The van der Waals surface area contributed by atoms with Gasteiger partial charge in [0.25, 0.3) is 0 Å². The highest BCUT2D eigenvalue weighted by Crippen LogP contribution is 2.35. The molecule has 0 aliphatic carbocycles. The van der Waals surface area contributed by atoms with Gasteiger partial charge in [0.15, 0.2) is 0 Å². The molecular formula is C16H23NO2S. The molecule has 2 rings (SSSR count). The van der Waals surface area contributed by atoms with Crippen molar-refractivity contribution in [3.8, 4) is 0 Å². The Morgan fingerprint density at radius 3 is 2.70 bits per heavy atom. The zero-order valence-corrected chi connectivity index (χ0v) is 13.2. The third kappa shape index (κ3) is 3.55. The lowest BCUT2D eigenvalue weighted by Gasteiger charge is -2.40. The Bertz CT molecular complexity index is 447. The Balaban J connectivity index is 2.18. The highest BCUT2D eigenvalue weighted by molar-refractivity contribution is 7.99. The van der Waals surface area contributed by atoms with E-state index in [0.717, 1.165) is 17.7 Å². The average molecular weight is 293 g/mol. The first-order chi connectivity index (χ1) is 9.54. The molecule has 1 aliphatic rings. The van der Waals surface area contributed by atoms with E-state index in [9.17, 15) is 4.79 Å². The summed E-state index contributed by atoms with van der Waals surface area (Å²) >= 11 is 1.95. The van der Waals surface area contributed by atoms with Crippen LogP contribution in [0.15, 0.2) is 30.3 Å². The third-order valence-electron chi connectivity index (χ3n) is 4.06. The van der Waals surface area contributed by atoms with Gasteiger partial charge < -0.3 is 4.74 Å². The van der Waals surface area contributed by atoms with E-state index in [2.05, 4.69) is 19.2 Å². The Morgan fingerprint density at radius 1 is 1.40 bits per heavy atom. The number of nitrogens with one attached hydrogen (secondary N) is 1. The lowest BCUT2D eigenvalue weighted by atomic mass is 9.81. The van der Waals surface area contributed by atoms with E-state index >= 15 is 0 Å². The van der Waals surface area contributed by atoms with Crippen molar-refractivity contribution in [2.45, 2.75) is 32.4 Å². The second kappa shape index (κ2) is 6.64. The lowest BCUT2D eigenvalue weighted by Crippen LogP contribution is -2.49. The van der Waals surface area contributed by atoms with Gasteiger partial charge in [-0.05, 0) is 23.2 Å². The van der Waals surface area contributed by atoms with E-state index < -0.39 is 0 Å². The first-order valence-corrected chi connectivity index (χ1v) is 8.16. The fourth-order valence-electron chi connectivity index (χ4n) is 2.47. The molecule has 1 N–H and O–H groups in total. The normalized spacial score (nSPS) is 23.1. The largest absolute Gasteiger partial charge is 0.468 e. The predicted octanol–water partition coefficient (Wildman–Crippen LogP) is 3.02. The number of ether oxygens (including phenoxy) is 1. The molecule has 1 saturated heterocycles. The van der Waals surface area contributed by atoms with Crippen molar-refractivity contribution < 1.29 is 9.53 Å². The molecule has 110 valence electrons. The number of benzene rings is 1. The maximum atomic E-state index is 12.1. The van der Waals surface area contributed by atoms with Crippen molar-refractivity contribution >= 4 is 17.7 Å². The molecule has 1 aliphatic heterocycles. The standard InChI is InChI=1S/C16H23NO2S/c1-16(2)9-10-20-11-13(16)17-14(15(18)19-3)12-7-5-4-6-8-12/h4-8,13-14,17H,9-11H2,1-3H3. The summed E-state index contributed by atoms with van der Waals surface area (Å²) in [5.41, 5.74) is 1.16. The summed E-state index contributed by atoms with van der Waals surface area (Å²) in [4.78, 5) is 12.1. The number of carbonyl (C=O) groups is 1. The minimum atomic E-state index is -0.385. The summed E-state index contributed by atoms with van der Waals surface area (Å²) in [5, 5.41) is 3.52. The summed E-state index contributed by atoms with van der Waals surface area (Å²) in [6.07, 6.45) is 1.16. The summed E-state index contributed by atoms with van der Waals surface area (Å²) < 4.78 is 4.97. The van der Waals surface area contributed by atoms with Gasteiger partial charge in [-0.15, -0.1) is 0 Å². The molecule has 0 saturated carbocycles. The Hall–Kier alpha value is -1.00. The number of carbonyl (C=O) groups excluding carboxylic acids is 1. The summed E-state index contributed by atoms with van der Waals surface area (Å²) in [5.74, 6) is 2.01. The molecular weight excluding hydrogens is 270 g/mol. The molecule has 20 heavy (non-hydrogen) atoms. The van der Waals surface area contributed by atoms with Crippen molar-refractivity contribution in [1.29, 1.82) is 0 Å². The Kier molecular flexibility index (Phi) is 5.11. The maximum absolute atomic E-state index is 12.1. The first-order valence-electron chi connectivity index (χ1n) is 7.01. The molecule has 1 aromatic carbocycles. The van der Waals surface area contributed by atoms with Crippen LogP contribution in [0.1, 0.15) is 31.9 Å². The lowest BCUT2D eigenvalue weighted by molar-refractivity contribution is -0.143. The Morgan fingerprint density at radius 2 is 2.10 bits per heavy atom. The van der Waals surface area contributed by atoms with Crippen molar-refractivity contribution in [2.75, 3.05) is 18.6 Å². The van der Waals surface area contributed by atoms with Gasteiger partial charge in [-0.1, -0.05) is 44.2 Å². The van der Waals surface area contributed by atoms with E-state index in [-0.39, 0.29) is 17.4 Å². The quantitative estimate of drug-likeness (QED) is 0.866. The minimum Gasteiger partial charge on any atom is -0.468 e. The molecule has 2 atom stereocenters. The molecule has 1 aromatic rings. The SMILES string of the molecule is COC(=O)C(NC1CSCCC1(C)C)c1ccccc1. The zero-order chi connectivity index (χ0) is 14.6. The average Bonchev–Trinajstić information content (AvgIpc) is 2.46. The van der Waals surface area contributed by atoms with Crippen LogP contribution in [0.3, 0.4) is 0 Å². The molecule has 0 spiro atoms. The van der Waals surface area contributed by atoms with Crippen molar-refractivity contribution in [3.05, 3.63) is 35.9 Å². The fourth-order valence-corrected chi connectivity index (χ4v) is 4.10. The number of methoxy groups -OCH3 is 1. The second-order valence-corrected chi connectivity index (χ2v) is 7.05. The molecule has 1 fully saturated rings. The summed E-state index contributed by atoms with van der Waals surface area (Å²) in [6.45, 7) is 4.54. The van der Waals surface area contributed by atoms with E-state index in [4.69, 9.17) is 4.74 Å². The Labute approximate surface area is 125 Å². The van der Waals surface area contributed by atoms with Gasteiger partial charge >= 0.3 is 5.97 Å². The summed E-state index contributed by atoms with van der Waals surface area (Å²) in [7, 11) is 1.45. The van der Waals surface area contributed by atoms with Gasteiger partial charge in [-0.2, -0.15) is 11.8 Å². The van der Waals surface area contributed by atoms with Gasteiger partial charge in [-0.3, -0.25) is 5.32 Å². The maximum Gasteiger partial charge on any atom is 0.327 e. The topological polar surface area (TPSA) is 38.3 Å². The van der Waals surface area contributed by atoms with Crippen LogP contribution >= 0.6 is 11.8 Å². The van der Waals surface area contributed by atoms with Crippen LogP contribution in [0.25, 0.3) is 0 Å². The van der Waals surface area contributed by atoms with Gasteiger partial charge in [0.2, 0.25) is 0 Å². The highest BCUT2D eigenvalue weighted by Gasteiger charge is 2.36. The van der Waals surface area contributed by atoms with E-state index in [0.29, 0.717) is 6.04 Å². The van der Waals surface area contributed by atoms with Crippen LogP contribution in [0.4, 0.5) is 0 Å². The van der Waals surface area contributed by atoms with Crippen LogP contribution in [-0.4, -0.2) is 30.6 Å². The van der Waals surface area contributed by atoms with Gasteiger partial charge in [0.05, 0.1) is 7.11 Å². The van der Waals surface area contributed by atoms with Gasteiger partial charge in [0, 0.05) is 11.8 Å². The van der Waals surface area contributed by atoms with Crippen LogP contribution in [-0.2, 0) is 9.53 Å². The number of hydrogen-bond acceptors (Lipinski definition) is 4. The molecule has 3 nitrogen and oxygen atoms in total. The van der Waals surface area contributed by atoms with E-state index in [1.54, 1.807) is 0 Å². The van der Waals surface area contributed by atoms with E-state index in [1.807, 2.05) is 42.1 Å². The monoisotopic (exact) mass is 293 g/mol. The fraction of sp³-hybridized carbons (Fsp3) is 0.562. The highest BCUT2D eigenvalue weighted by atomic mass is 32.2. The first kappa shape index (κ1) is 15.4. The number of hydrogen-bond donors (Lipinski definition) is 1. The molecule has 4 heteroatoms. The molecule has 0 radical (unpaired) electrons. The minimum absolute atomic E-state index is 0.201. The number of esters is 1. The van der Waals surface area contributed by atoms with Crippen LogP contribution in [0.2, 0.25) is 0 Å². The number of thioether (sulfide) groups is 1. The smallest absolute Gasteiger partial charge is 0.327 e. The molecule has 0 amide bonds. The zero-order valence-electron chi connectivity index (χ0n) is 12.4. The number of rotatable bonds is 4.